The molecular weight excluding hydrogens is 382 g/mol. The van der Waals surface area contributed by atoms with Gasteiger partial charge in [0.05, 0.1) is 59.2 Å². The number of methoxy groups -OCH3 is 1. The Hall–Kier alpha value is -0.690. The summed E-state index contributed by atoms with van der Waals surface area (Å²) in [6, 6.07) is 0. The fourth-order valence-corrected chi connectivity index (χ4v) is 3.26. The van der Waals surface area contributed by atoms with Gasteiger partial charge in [-0.1, -0.05) is 53.4 Å². The molecule has 0 aliphatic rings. The molecular formula is C24H51NO5. The summed E-state index contributed by atoms with van der Waals surface area (Å²) in [7, 11) is 1.60. The first kappa shape index (κ1) is 31.5. The van der Waals surface area contributed by atoms with Gasteiger partial charge in [-0.25, -0.2) is 0 Å². The molecule has 0 radical (unpaired) electrons. The van der Waals surface area contributed by atoms with Crippen molar-refractivity contribution in [2.24, 2.45) is 0 Å². The molecule has 0 fully saturated rings. The van der Waals surface area contributed by atoms with Crippen LogP contribution in [0.5, 0.6) is 0 Å². The average molecular weight is 434 g/mol. The van der Waals surface area contributed by atoms with E-state index in [1.54, 1.807) is 7.11 Å². The molecule has 0 aromatic carbocycles. The summed E-state index contributed by atoms with van der Waals surface area (Å²) < 4.78 is 16.2. The zero-order chi connectivity index (χ0) is 22.9. The number of nitrogens with zero attached hydrogens (tertiary/aromatic N) is 1. The van der Waals surface area contributed by atoms with Crippen molar-refractivity contribution in [2.45, 2.75) is 85.5 Å². The molecule has 30 heavy (non-hydrogen) atoms. The fraction of sp³-hybridized carbons (Fsp3) is 0.958. The molecule has 0 aromatic heterocycles. The summed E-state index contributed by atoms with van der Waals surface area (Å²) in [5.41, 5.74) is 0. The first-order valence-electron chi connectivity index (χ1n) is 12.2. The number of aliphatic carboxylic acids is 1. The third kappa shape index (κ3) is 22.0. The second kappa shape index (κ2) is 24.6. The lowest BCUT2D eigenvalue weighted by Gasteiger charge is -2.39. The van der Waals surface area contributed by atoms with Crippen LogP contribution in [0.3, 0.4) is 0 Å². The lowest BCUT2D eigenvalue weighted by Crippen LogP contribution is -2.50. The predicted molar refractivity (Wildman–Crippen MR) is 122 cm³/mol. The van der Waals surface area contributed by atoms with Crippen molar-refractivity contribution >= 4 is 5.97 Å². The molecule has 0 bridgehead atoms. The van der Waals surface area contributed by atoms with Gasteiger partial charge in [0.2, 0.25) is 0 Å². The zero-order valence-corrected chi connectivity index (χ0v) is 20.7. The van der Waals surface area contributed by atoms with Crippen LogP contribution in [0.2, 0.25) is 0 Å². The highest BCUT2D eigenvalue weighted by Gasteiger charge is 2.24. The molecule has 6 heteroatoms. The molecule has 0 atom stereocenters. The molecule has 0 rings (SSSR count). The molecule has 0 aliphatic carbocycles. The summed E-state index contributed by atoms with van der Waals surface area (Å²) >= 11 is 0. The standard InChI is InChI=1S/C16H36N.C8H16O5/c1-5-9-13-17(14-10-6-2,15-11-7-3)16-12-8-4;1-11-4-5-13-7-6-12-3-2-8(9)10/h5-16H2,1-4H3;2-7H2,1H3,(H,9,10)/q+1;/p-1. The second-order valence-electron chi connectivity index (χ2n) is 7.99. The number of ether oxygens (including phenoxy) is 3. The third-order valence-electron chi connectivity index (χ3n) is 5.20. The minimum atomic E-state index is -1.10. The molecule has 0 aliphatic heterocycles. The van der Waals surface area contributed by atoms with E-state index >= 15 is 0 Å². The SMILES string of the molecule is CCCC[N+](CCCC)(CCCC)CCCC.COCCOCCOCCC(=O)[O-]. The number of unbranched alkanes of at least 4 members (excludes halogenated alkanes) is 4. The number of carboxylic acid groups (broad SMARTS) is 1. The number of hydrogen-bond acceptors (Lipinski definition) is 5. The fourth-order valence-electron chi connectivity index (χ4n) is 3.26. The van der Waals surface area contributed by atoms with E-state index in [-0.39, 0.29) is 13.0 Å². The maximum atomic E-state index is 9.93. The monoisotopic (exact) mass is 433 g/mol. The Balaban J connectivity index is 0. The highest BCUT2D eigenvalue weighted by molar-refractivity contribution is 5.64. The predicted octanol–water partition coefficient (Wildman–Crippen LogP) is 3.81. The van der Waals surface area contributed by atoms with Crippen molar-refractivity contribution in [1.29, 1.82) is 0 Å². The summed E-state index contributed by atoms with van der Waals surface area (Å²) in [6.07, 6.45) is 11.0. The maximum absolute atomic E-state index is 9.93. The van der Waals surface area contributed by atoms with E-state index in [1.807, 2.05) is 0 Å². The van der Waals surface area contributed by atoms with Crippen LogP contribution < -0.4 is 5.11 Å². The highest BCUT2D eigenvalue weighted by Crippen LogP contribution is 2.16. The van der Waals surface area contributed by atoms with Gasteiger partial charge in [0.25, 0.3) is 0 Å². The second-order valence-corrected chi connectivity index (χ2v) is 7.99. The molecule has 0 aromatic rings. The molecule has 0 spiro atoms. The van der Waals surface area contributed by atoms with Crippen molar-refractivity contribution in [3.8, 4) is 0 Å². The summed E-state index contributed by atoms with van der Waals surface area (Å²) in [4.78, 5) is 9.93. The Morgan fingerprint density at radius 2 is 1.03 bits per heavy atom. The van der Waals surface area contributed by atoms with Gasteiger partial charge in [-0.15, -0.1) is 0 Å². The van der Waals surface area contributed by atoms with Crippen molar-refractivity contribution < 1.29 is 28.6 Å². The van der Waals surface area contributed by atoms with Crippen LogP contribution >= 0.6 is 0 Å². The largest absolute Gasteiger partial charge is 0.550 e. The van der Waals surface area contributed by atoms with Crippen LogP contribution in [-0.4, -0.2) is 76.8 Å². The number of rotatable bonds is 21. The first-order chi connectivity index (χ1) is 14.5. The Morgan fingerprint density at radius 3 is 1.37 bits per heavy atom. The number of quaternary nitrogens is 1. The van der Waals surface area contributed by atoms with Gasteiger partial charge < -0.3 is 28.6 Å². The summed E-state index contributed by atoms with van der Waals surface area (Å²) in [6.45, 7) is 17.1. The molecule has 0 amide bonds. The zero-order valence-electron chi connectivity index (χ0n) is 20.7. The van der Waals surface area contributed by atoms with Crippen LogP contribution in [-0.2, 0) is 19.0 Å². The van der Waals surface area contributed by atoms with Gasteiger partial charge in [0.1, 0.15) is 0 Å². The third-order valence-corrected chi connectivity index (χ3v) is 5.20. The molecule has 0 N–H and O–H groups in total. The quantitative estimate of drug-likeness (QED) is 0.203. The van der Waals surface area contributed by atoms with Gasteiger partial charge in [-0.3, -0.25) is 0 Å². The van der Waals surface area contributed by atoms with E-state index in [0.29, 0.717) is 26.4 Å². The smallest absolute Gasteiger partial charge is 0.0786 e. The summed E-state index contributed by atoms with van der Waals surface area (Å²) in [5.74, 6) is -1.10. The first-order valence-corrected chi connectivity index (χ1v) is 12.2. The summed E-state index contributed by atoms with van der Waals surface area (Å²) in [5, 5.41) is 9.93. The topological polar surface area (TPSA) is 67.8 Å². The van der Waals surface area contributed by atoms with Gasteiger partial charge in [0, 0.05) is 19.5 Å². The van der Waals surface area contributed by atoms with E-state index in [2.05, 4.69) is 27.7 Å². The van der Waals surface area contributed by atoms with E-state index in [0.717, 1.165) is 0 Å². The number of carbonyl (C=O) groups excluding carboxylic acids is 1. The van der Waals surface area contributed by atoms with Crippen molar-refractivity contribution in [3.05, 3.63) is 0 Å². The van der Waals surface area contributed by atoms with E-state index in [1.165, 1.54) is 82.0 Å². The molecule has 0 unspecified atom stereocenters. The molecule has 0 saturated heterocycles. The van der Waals surface area contributed by atoms with Crippen LogP contribution in [0.1, 0.15) is 85.5 Å². The van der Waals surface area contributed by atoms with Crippen molar-refractivity contribution in [2.75, 3.05) is 66.3 Å². The lowest BCUT2D eigenvalue weighted by atomic mass is 10.1. The number of carboxylic acids is 1. The molecule has 182 valence electrons. The lowest BCUT2D eigenvalue weighted by molar-refractivity contribution is -0.929. The molecule has 0 heterocycles. The van der Waals surface area contributed by atoms with E-state index in [4.69, 9.17) is 14.2 Å². The number of hydrogen-bond donors (Lipinski definition) is 0. The normalized spacial score (nSPS) is 11.2. The highest BCUT2D eigenvalue weighted by atomic mass is 16.5. The van der Waals surface area contributed by atoms with E-state index < -0.39 is 5.97 Å². The Morgan fingerprint density at radius 1 is 0.667 bits per heavy atom. The van der Waals surface area contributed by atoms with Crippen LogP contribution in [0.15, 0.2) is 0 Å². The van der Waals surface area contributed by atoms with E-state index in [9.17, 15) is 9.90 Å². The van der Waals surface area contributed by atoms with Crippen LogP contribution in [0.4, 0.5) is 0 Å². The number of carbonyl (C=O) groups is 1. The van der Waals surface area contributed by atoms with Crippen LogP contribution in [0, 0.1) is 0 Å². The van der Waals surface area contributed by atoms with Gasteiger partial charge in [0.15, 0.2) is 0 Å². The molecule has 0 saturated carbocycles. The van der Waals surface area contributed by atoms with Crippen LogP contribution in [0.25, 0.3) is 0 Å². The minimum absolute atomic E-state index is 0.0714. The minimum Gasteiger partial charge on any atom is -0.550 e. The Bertz CT molecular complexity index is 315. The van der Waals surface area contributed by atoms with Gasteiger partial charge in [-0.05, 0) is 25.7 Å². The maximum Gasteiger partial charge on any atom is 0.0786 e. The van der Waals surface area contributed by atoms with Crippen molar-refractivity contribution in [3.63, 3.8) is 0 Å². The van der Waals surface area contributed by atoms with Gasteiger partial charge in [-0.2, -0.15) is 0 Å². The van der Waals surface area contributed by atoms with Crippen molar-refractivity contribution in [1.82, 2.24) is 0 Å². The van der Waals surface area contributed by atoms with Gasteiger partial charge >= 0.3 is 0 Å². The average Bonchev–Trinajstić information content (AvgIpc) is 2.75. The Kier molecular flexibility index (Phi) is 25.8. The molecule has 6 nitrogen and oxygen atoms in total. The Labute approximate surface area is 186 Å².